The second kappa shape index (κ2) is 6.88. The van der Waals surface area contributed by atoms with Gasteiger partial charge in [-0.25, -0.2) is 9.37 Å². The quantitative estimate of drug-likeness (QED) is 0.861. The standard InChI is InChI=1S/C19H21FN4O/c20-16-4-1-14(2-5-16)10-23-11-15-3-6-17(13-23)24(12-15)19(25)18-9-21-7-8-22-18/h1-2,4-5,7-9,15,17H,3,6,10-13H2/t15-,17+/m0/s1. The third kappa shape index (κ3) is 3.54. The summed E-state index contributed by atoms with van der Waals surface area (Å²) in [6.45, 7) is 3.39. The van der Waals surface area contributed by atoms with Crippen LogP contribution >= 0.6 is 0 Å². The lowest BCUT2D eigenvalue weighted by Crippen LogP contribution is -2.47. The molecule has 6 heteroatoms. The molecule has 5 nitrogen and oxygen atoms in total. The molecule has 0 N–H and O–H groups in total. The molecule has 4 heterocycles. The number of amides is 1. The largest absolute Gasteiger partial charge is 0.333 e. The minimum Gasteiger partial charge on any atom is -0.333 e. The maximum atomic E-state index is 13.1. The molecule has 0 radical (unpaired) electrons. The van der Waals surface area contributed by atoms with Crippen molar-refractivity contribution in [1.29, 1.82) is 0 Å². The Bertz CT molecular complexity index is 737. The van der Waals surface area contributed by atoms with Gasteiger partial charge in [0, 0.05) is 44.6 Å². The zero-order chi connectivity index (χ0) is 17.2. The Hall–Kier alpha value is -2.34. The summed E-state index contributed by atoms with van der Waals surface area (Å²) in [6, 6.07) is 6.89. The number of hydrogen-bond donors (Lipinski definition) is 0. The number of nitrogens with zero attached hydrogens (tertiary/aromatic N) is 4. The molecule has 0 spiro atoms. The zero-order valence-corrected chi connectivity index (χ0v) is 14.0. The van der Waals surface area contributed by atoms with E-state index < -0.39 is 0 Å². The topological polar surface area (TPSA) is 49.3 Å². The van der Waals surface area contributed by atoms with Gasteiger partial charge >= 0.3 is 0 Å². The molecule has 3 aliphatic heterocycles. The average Bonchev–Trinajstić information content (AvgIpc) is 2.94. The van der Waals surface area contributed by atoms with Crippen molar-refractivity contribution in [3.05, 3.63) is 59.9 Å². The smallest absolute Gasteiger partial charge is 0.274 e. The van der Waals surface area contributed by atoms with E-state index in [2.05, 4.69) is 14.9 Å². The average molecular weight is 340 g/mol. The van der Waals surface area contributed by atoms with E-state index in [4.69, 9.17) is 0 Å². The lowest BCUT2D eigenvalue weighted by molar-refractivity contribution is 0.0578. The number of halogens is 1. The van der Waals surface area contributed by atoms with Gasteiger partial charge < -0.3 is 4.90 Å². The molecular weight excluding hydrogens is 319 g/mol. The van der Waals surface area contributed by atoms with E-state index in [0.29, 0.717) is 11.6 Å². The van der Waals surface area contributed by atoms with E-state index in [1.807, 2.05) is 17.0 Å². The van der Waals surface area contributed by atoms with Crippen LogP contribution in [0.15, 0.2) is 42.9 Å². The highest BCUT2D eigenvalue weighted by Crippen LogP contribution is 2.29. The van der Waals surface area contributed by atoms with Gasteiger partial charge in [-0.05, 0) is 36.5 Å². The first-order valence-electron chi connectivity index (χ1n) is 8.73. The van der Waals surface area contributed by atoms with Crippen LogP contribution in [0.25, 0.3) is 0 Å². The Kier molecular flexibility index (Phi) is 4.44. The summed E-state index contributed by atoms with van der Waals surface area (Å²) < 4.78 is 13.1. The molecule has 3 aliphatic rings. The van der Waals surface area contributed by atoms with Crippen LogP contribution in [0, 0.1) is 11.7 Å². The number of benzene rings is 1. The number of carbonyl (C=O) groups is 1. The number of aromatic nitrogens is 2. The van der Waals surface area contributed by atoms with Crippen LogP contribution in [0.5, 0.6) is 0 Å². The van der Waals surface area contributed by atoms with E-state index in [1.165, 1.54) is 18.3 Å². The van der Waals surface area contributed by atoms with Gasteiger partial charge in [-0.3, -0.25) is 14.7 Å². The highest BCUT2D eigenvalue weighted by molar-refractivity contribution is 5.92. The first-order chi connectivity index (χ1) is 12.2. The molecule has 1 aromatic heterocycles. The number of carbonyl (C=O) groups excluding carboxylic acids is 1. The molecule has 0 aliphatic carbocycles. The van der Waals surface area contributed by atoms with E-state index >= 15 is 0 Å². The monoisotopic (exact) mass is 340 g/mol. The molecule has 5 rings (SSSR count). The van der Waals surface area contributed by atoms with Crippen molar-refractivity contribution in [3.63, 3.8) is 0 Å². The normalized spacial score (nSPS) is 23.5. The third-order valence-corrected chi connectivity index (χ3v) is 5.15. The molecule has 2 bridgehead atoms. The van der Waals surface area contributed by atoms with Crippen LogP contribution in [-0.2, 0) is 6.54 Å². The molecule has 1 amide bonds. The fourth-order valence-electron chi connectivity index (χ4n) is 3.96. The van der Waals surface area contributed by atoms with E-state index in [-0.39, 0.29) is 17.8 Å². The van der Waals surface area contributed by atoms with E-state index in [0.717, 1.165) is 44.6 Å². The summed E-state index contributed by atoms with van der Waals surface area (Å²) >= 11 is 0. The van der Waals surface area contributed by atoms with Gasteiger partial charge in [0.05, 0.1) is 6.20 Å². The predicted molar refractivity (Wildman–Crippen MR) is 91.3 cm³/mol. The van der Waals surface area contributed by atoms with E-state index in [9.17, 15) is 9.18 Å². The summed E-state index contributed by atoms with van der Waals surface area (Å²) in [7, 11) is 0. The van der Waals surface area contributed by atoms with Crippen molar-refractivity contribution in [1.82, 2.24) is 19.8 Å². The fraction of sp³-hybridized carbons (Fsp3) is 0.421. The van der Waals surface area contributed by atoms with Crippen molar-refractivity contribution < 1.29 is 9.18 Å². The Morgan fingerprint density at radius 3 is 2.72 bits per heavy atom. The van der Waals surface area contributed by atoms with Gasteiger partial charge in [-0.15, -0.1) is 0 Å². The van der Waals surface area contributed by atoms with Crippen molar-refractivity contribution in [2.24, 2.45) is 5.92 Å². The predicted octanol–water partition coefficient (Wildman–Crippen LogP) is 2.35. The summed E-state index contributed by atoms with van der Waals surface area (Å²) in [5.41, 5.74) is 1.52. The van der Waals surface area contributed by atoms with Crippen LogP contribution in [0.4, 0.5) is 4.39 Å². The molecule has 130 valence electrons. The fourth-order valence-corrected chi connectivity index (χ4v) is 3.96. The molecule has 3 saturated heterocycles. The number of fused-ring (bicyclic) bond motifs is 4. The van der Waals surface area contributed by atoms with Crippen LogP contribution in [0.1, 0.15) is 28.9 Å². The van der Waals surface area contributed by atoms with Gasteiger partial charge in [-0.1, -0.05) is 12.1 Å². The van der Waals surface area contributed by atoms with Gasteiger partial charge in [-0.2, -0.15) is 0 Å². The lowest BCUT2D eigenvalue weighted by Gasteiger charge is -2.36. The summed E-state index contributed by atoms with van der Waals surface area (Å²) in [5.74, 6) is 0.242. The summed E-state index contributed by atoms with van der Waals surface area (Å²) in [6.07, 6.45) is 6.85. The van der Waals surface area contributed by atoms with E-state index in [1.54, 1.807) is 12.4 Å². The number of piperidine rings is 1. The second-order valence-electron chi connectivity index (χ2n) is 6.97. The Labute approximate surface area is 146 Å². The number of hydrogen-bond acceptors (Lipinski definition) is 4. The second-order valence-corrected chi connectivity index (χ2v) is 6.97. The lowest BCUT2D eigenvalue weighted by atomic mass is 9.95. The van der Waals surface area contributed by atoms with Crippen LogP contribution in [0.2, 0.25) is 0 Å². The Morgan fingerprint density at radius 2 is 1.96 bits per heavy atom. The third-order valence-electron chi connectivity index (χ3n) is 5.15. The molecule has 2 aromatic rings. The zero-order valence-electron chi connectivity index (χ0n) is 14.0. The minimum absolute atomic E-state index is 0.0218. The number of rotatable bonds is 3. The molecule has 1 aromatic carbocycles. The van der Waals surface area contributed by atoms with Crippen molar-refractivity contribution in [3.8, 4) is 0 Å². The summed E-state index contributed by atoms with van der Waals surface area (Å²) in [4.78, 5) is 25.3. The Morgan fingerprint density at radius 1 is 1.12 bits per heavy atom. The molecule has 25 heavy (non-hydrogen) atoms. The van der Waals surface area contributed by atoms with Crippen molar-refractivity contribution >= 4 is 5.91 Å². The maximum Gasteiger partial charge on any atom is 0.274 e. The Balaban J connectivity index is 1.48. The molecule has 0 unspecified atom stereocenters. The van der Waals surface area contributed by atoms with Crippen molar-refractivity contribution in [2.75, 3.05) is 19.6 Å². The van der Waals surface area contributed by atoms with Gasteiger partial charge in [0.25, 0.3) is 5.91 Å². The van der Waals surface area contributed by atoms with Crippen molar-refractivity contribution in [2.45, 2.75) is 25.4 Å². The summed E-state index contributed by atoms with van der Waals surface area (Å²) in [5, 5.41) is 0. The van der Waals surface area contributed by atoms with Gasteiger partial charge in [0.1, 0.15) is 11.5 Å². The van der Waals surface area contributed by atoms with Gasteiger partial charge in [0.2, 0.25) is 0 Å². The molecule has 2 atom stereocenters. The SMILES string of the molecule is O=C(c1cnccn1)N1C[C@H]2CC[C@@H]1CN(Cc1ccc(F)cc1)C2. The van der Waals surface area contributed by atoms with Gasteiger partial charge in [0.15, 0.2) is 0 Å². The molecular formula is C19H21FN4O. The molecule has 0 saturated carbocycles. The van der Waals surface area contributed by atoms with Crippen LogP contribution in [0.3, 0.4) is 0 Å². The maximum absolute atomic E-state index is 13.1. The minimum atomic E-state index is -0.208. The first kappa shape index (κ1) is 16.1. The van der Waals surface area contributed by atoms with Crippen LogP contribution in [-0.4, -0.2) is 51.4 Å². The highest BCUT2D eigenvalue weighted by Gasteiger charge is 2.37. The molecule has 3 fully saturated rings. The first-order valence-corrected chi connectivity index (χ1v) is 8.73. The van der Waals surface area contributed by atoms with Crippen LogP contribution < -0.4 is 0 Å². The highest BCUT2D eigenvalue weighted by atomic mass is 19.1.